The lowest BCUT2D eigenvalue weighted by Crippen LogP contribution is -2.36. The fourth-order valence-corrected chi connectivity index (χ4v) is 6.28. The first-order valence-electron chi connectivity index (χ1n) is 10.3. The molecular formula is C22H25ClN4OS2. The van der Waals surface area contributed by atoms with Crippen molar-refractivity contribution in [3.05, 3.63) is 35.5 Å². The van der Waals surface area contributed by atoms with Crippen molar-refractivity contribution in [1.29, 1.82) is 0 Å². The standard InChI is InChI=1S/C22H25ClN4OS2/c1-12(2)15-6-4-13(3)10-17(15)20(28)25-21-26-27-22(30-21)29-19-8-9-24-18-11-14(23)5-7-16(18)19/h5,7-9,11-13,15,17H,4,6,10H2,1-3H3,(H,25,26,28)/t13-,15+,17-/m1/s1. The van der Waals surface area contributed by atoms with Gasteiger partial charge in [-0.25, -0.2) is 0 Å². The van der Waals surface area contributed by atoms with Crippen molar-refractivity contribution in [3.8, 4) is 0 Å². The predicted molar refractivity (Wildman–Crippen MR) is 124 cm³/mol. The van der Waals surface area contributed by atoms with Gasteiger partial charge >= 0.3 is 0 Å². The van der Waals surface area contributed by atoms with Crippen LogP contribution in [0.15, 0.2) is 39.7 Å². The number of amides is 1. The van der Waals surface area contributed by atoms with Crippen molar-refractivity contribution in [1.82, 2.24) is 15.2 Å². The molecule has 30 heavy (non-hydrogen) atoms. The quantitative estimate of drug-likeness (QED) is 0.438. The number of carbonyl (C=O) groups is 1. The number of carbonyl (C=O) groups excluding carboxylic acids is 1. The first-order valence-corrected chi connectivity index (χ1v) is 12.3. The van der Waals surface area contributed by atoms with Gasteiger partial charge in [-0.05, 0) is 48.8 Å². The third-order valence-corrected chi connectivity index (χ3v) is 8.06. The van der Waals surface area contributed by atoms with Crippen LogP contribution in [0, 0.1) is 23.7 Å². The first kappa shape index (κ1) is 21.5. The minimum absolute atomic E-state index is 0.0441. The number of fused-ring (bicyclic) bond motifs is 1. The van der Waals surface area contributed by atoms with Gasteiger partial charge in [0, 0.05) is 27.4 Å². The van der Waals surface area contributed by atoms with Crippen LogP contribution in [-0.2, 0) is 4.79 Å². The van der Waals surface area contributed by atoms with Crippen molar-refractivity contribution in [2.24, 2.45) is 23.7 Å². The third kappa shape index (κ3) is 4.79. The van der Waals surface area contributed by atoms with Crippen LogP contribution in [-0.4, -0.2) is 21.1 Å². The molecule has 1 aliphatic rings. The lowest BCUT2D eigenvalue weighted by Gasteiger charge is -2.36. The number of benzene rings is 1. The smallest absolute Gasteiger partial charge is 0.229 e. The topological polar surface area (TPSA) is 67.8 Å². The van der Waals surface area contributed by atoms with E-state index in [1.165, 1.54) is 29.5 Å². The number of rotatable bonds is 5. The highest BCUT2D eigenvalue weighted by molar-refractivity contribution is 8.01. The highest BCUT2D eigenvalue weighted by atomic mass is 35.5. The highest BCUT2D eigenvalue weighted by Crippen LogP contribution is 2.40. The summed E-state index contributed by atoms with van der Waals surface area (Å²) < 4.78 is 0.783. The Morgan fingerprint density at radius 2 is 2.10 bits per heavy atom. The summed E-state index contributed by atoms with van der Waals surface area (Å²) in [4.78, 5) is 18.4. The van der Waals surface area contributed by atoms with Crippen molar-refractivity contribution in [2.45, 2.75) is 49.3 Å². The molecule has 2 aromatic heterocycles. The molecule has 1 aromatic carbocycles. The van der Waals surface area contributed by atoms with E-state index < -0.39 is 0 Å². The van der Waals surface area contributed by atoms with Crippen LogP contribution in [0.2, 0.25) is 5.02 Å². The number of pyridine rings is 1. The summed E-state index contributed by atoms with van der Waals surface area (Å²) in [6.45, 7) is 6.67. The maximum Gasteiger partial charge on any atom is 0.229 e. The minimum Gasteiger partial charge on any atom is -0.300 e. The highest BCUT2D eigenvalue weighted by Gasteiger charge is 2.35. The Morgan fingerprint density at radius 1 is 1.27 bits per heavy atom. The molecule has 0 radical (unpaired) electrons. The number of halogens is 1. The second-order valence-electron chi connectivity index (χ2n) is 8.37. The molecule has 0 aliphatic heterocycles. The van der Waals surface area contributed by atoms with Gasteiger partial charge in [0.25, 0.3) is 0 Å². The largest absolute Gasteiger partial charge is 0.300 e. The van der Waals surface area contributed by atoms with Crippen molar-refractivity contribution >= 4 is 56.6 Å². The maximum atomic E-state index is 13.0. The molecule has 2 heterocycles. The Kier molecular flexibility index (Phi) is 6.60. The van der Waals surface area contributed by atoms with Gasteiger partial charge in [-0.1, -0.05) is 68.0 Å². The molecule has 4 rings (SSSR count). The molecule has 3 aromatic rings. The van der Waals surface area contributed by atoms with E-state index in [0.29, 0.717) is 27.9 Å². The molecule has 1 N–H and O–H groups in total. The van der Waals surface area contributed by atoms with Crippen LogP contribution in [0.5, 0.6) is 0 Å². The Morgan fingerprint density at radius 3 is 2.90 bits per heavy atom. The average molecular weight is 461 g/mol. The Bertz CT molecular complexity index is 1050. The fourth-order valence-electron chi connectivity index (χ4n) is 4.28. The fraction of sp³-hybridized carbons (Fsp3) is 0.455. The summed E-state index contributed by atoms with van der Waals surface area (Å²) in [5, 5.41) is 13.8. The molecule has 158 valence electrons. The van der Waals surface area contributed by atoms with E-state index in [4.69, 9.17) is 11.6 Å². The van der Waals surface area contributed by atoms with Crippen molar-refractivity contribution in [2.75, 3.05) is 5.32 Å². The lowest BCUT2D eigenvalue weighted by atomic mass is 9.70. The lowest BCUT2D eigenvalue weighted by molar-refractivity contribution is -0.124. The van der Waals surface area contributed by atoms with E-state index >= 15 is 0 Å². The van der Waals surface area contributed by atoms with Crippen LogP contribution < -0.4 is 5.32 Å². The maximum absolute atomic E-state index is 13.0. The van der Waals surface area contributed by atoms with Crippen molar-refractivity contribution in [3.63, 3.8) is 0 Å². The van der Waals surface area contributed by atoms with E-state index in [0.717, 1.165) is 33.0 Å². The van der Waals surface area contributed by atoms with Crippen LogP contribution >= 0.6 is 34.7 Å². The van der Waals surface area contributed by atoms with Crippen molar-refractivity contribution < 1.29 is 4.79 Å². The average Bonchev–Trinajstić information content (AvgIpc) is 3.14. The third-order valence-electron chi connectivity index (χ3n) is 5.86. The molecule has 1 aliphatic carbocycles. The Balaban J connectivity index is 1.47. The van der Waals surface area contributed by atoms with Crippen LogP contribution in [0.25, 0.3) is 10.9 Å². The number of hydrogen-bond donors (Lipinski definition) is 1. The molecule has 5 nitrogen and oxygen atoms in total. The molecular weight excluding hydrogens is 436 g/mol. The second-order valence-corrected chi connectivity index (χ2v) is 11.1. The van der Waals surface area contributed by atoms with Gasteiger partial charge < -0.3 is 5.32 Å². The van der Waals surface area contributed by atoms with E-state index in [-0.39, 0.29) is 11.8 Å². The molecule has 0 bridgehead atoms. The minimum atomic E-state index is 0.0441. The Hall–Kier alpha value is -1.70. The molecule has 1 fully saturated rings. The number of nitrogens with zero attached hydrogens (tertiary/aromatic N) is 3. The van der Waals surface area contributed by atoms with Gasteiger partial charge in [-0.15, -0.1) is 10.2 Å². The summed E-state index contributed by atoms with van der Waals surface area (Å²) in [6, 6.07) is 7.63. The zero-order valence-corrected chi connectivity index (χ0v) is 19.7. The van der Waals surface area contributed by atoms with Crippen LogP contribution in [0.3, 0.4) is 0 Å². The van der Waals surface area contributed by atoms with Crippen LogP contribution in [0.1, 0.15) is 40.0 Å². The molecule has 1 saturated carbocycles. The van der Waals surface area contributed by atoms with Gasteiger partial charge in [0.1, 0.15) is 0 Å². The molecule has 0 spiro atoms. The zero-order chi connectivity index (χ0) is 21.3. The van der Waals surface area contributed by atoms with E-state index in [1.54, 1.807) is 6.20 Å². The zero-order valence-electron chi connectivity index (χ0n) is 17.3. The van der Waals surface area contributed by atoms with E-state index in [9.17, 15) is 4.79 Å². The summed E-state index contributed by atoms with van der Waals surface area (Å²) >= 11 is 9.01. The summed E-state index contributed by atoms with van der Waals surface area (Å²) in [6.07, 6.45) is 5.03. The monoisotopic (exact) mass is 460 g/mol. The molecule has 3 atom stereocenters. The molecule has 1 amide bonds. The molecule has 0 unspecified atom stereocenters. The summed E-state index contributed by atoms with van der Waals surface area (Å²) in [7, 11) is 0. The number of hydrogen-bond acceptors (Lipinski definition) is 6. The van der Waals surface area contributed by atoms with Gasteiger partial charge in [-0.3, -0.25) is 9.78 Å². The SMILES string of the molecule is CC(C)[C@@H]1CC[C@@H](C)C[C@H]1C(=O)Nc1nnc(Sc2ccnc3cc(Cl)ccc23)s1. The number of aromatic nitrogens is 3. The predicted octanol–water partition coefficient (Wildman–Crippen LogP) is 6.54. The number of anilines is 1. The van der Waals surface area contributed by atoms with E-state index in [1.807, 2.05) is 24.3 Å². The Labute approximate surface area is 190 Å². The van der Waals surface area contributed by atoms with Gasteiger partial charge in [0.15, 0.2) is 4.34 Å². The normalized spacial score (nSPS) is 21.8. The number of nitrogens with one attached hydrogen (secondary N) is 1. The van der Waals surface area contributed by atoms with Gasteiger partial charge in [0.05, 0.1) is 5.52 Å². The molecule has 8 heteroatoms. The summed E-state index contributed by atoms with van der Waals surface area (Å²) in [5.41, 5.74) is 0.844. The first-order chi connectivity index (χ1) is 14.4. The second kappa shape index (κ2) is 9.20. The molecule has 0 saturated heterocycles. The summed E-state index contributed by atoms with van der Waals surface area (Å²) in [5.74, 6) is 1.64. The van der Waals surface area contributed by atoms with Crippen LogP contribution in [0.4, 0.5) is 5.13 Å². The van der Waals surface area contributed by atoms with Gasteiger partial charge in [0.2, 0.25) is 11.0 Å². The van der Waals surface area contributed by atoms with E-state index in [2.05, 4.69) is 41.3 Å². The van der Waals surface area contributed by atoms with Gasteiger partial charge in [-0.2, -0.15) is 0 Å².